The molecule has 0 radical (unpaired) electrons. The summed E-state index contributed by atoms with van der Waals surface area (Å²) in [4.78, 5) is 12.0. The molecular formula is C14H16BrN3O. The van der Waals surface area contributed by atoms with Gasteiger partial charge in [0.05, 0.1) is 17.3 Å². The highest BCUT2D eigenvalue weighted by Gasteiger charge is 2.17. The lowest BCUT2D eigenvalue weighted by Crippen LogP contribution is -2.30. The highest BCUT2D eigenvalue weighted by atomic mass is 79.9. The lowest BCUT2D eigenvalue weighted by Gasteiger charge is -2.22. The SMILES string of the molecule is N#Cc1ccc(NC(=O)CC2CCNCC2)c(Br)c1. The summed E-state index contributed by atoms with van der Waals surface area (Å²) in [7, 11) is 0. The number of nitrogens with zero attached hydrogens (tertiary/aromatic N) is 1. The second-order valence-electron chi connectivity index (χ2n) is 4.75. The summed E-state index contributed by atoms with van der Waals surface area (Å²) in [5.41, 5.74) is 1.29. The first-order valence-corrected chi connectivity index (χ1v) is 7.18. The monoisotopic (exact) mass is 321 g/mol. The number of halogens is 1. The van der Waals surface area contributed by atoms with Crippen molar-refractivity contribution in [3.05, 3.63) is 28.2 Å². The smallest absolute Gasteiger partial charge is 0.224 e. The molecule has 0 atom stereocenters. The predicted molar refractivity (Wildman–Crippen MR) is 77.7 cm³/mol. The third kappa shape index (κ3) is 4.05. The topological polar surface area (TPSA) is 64.9 Å². The summed E-state index contributed by atoms with van der Waals surface area (Å²) in [6, 6.07) is 7.23. The van der Waals surface area contributed by atoms with Gasteiger partial charge in [-0.05, 0) is 66.0 Å². The van der Waals surface area contributed by atoms with E-state index in [9.17, 15) is 4.79 Å². The van der Waals surface area contributed by atoms with Gasteiger partial charge in [-0.25, -0.2) is 0 Å². The van der Waals surface area contributed by atoms with E-state index in [1.54, 1.807) is 18.2 Å². The summed E-state index contributed by atoms with van der Waals surface area (Å²) >= 11 is 3.37. The minimum Gasteiger partial charge on any atom is -0.325 e. The number of nitriles is 1. The molecule has 4 nitrogen and oxygen atoms in total. The fourth-order valence-corrected chi connectivity index (χ4v) is 2.71. The highest BCUT2D eigenvalue weighted by molar-refractivity contribution is 9.10. The fourth-order valence-electron chi connectivity index (χ4n) is 2.24. The third-order valence-corrected chi connectivity index (χ3v) is 3.96. The van der Waals surface area contributed by atoms with Crippen LogP contribution in [0.3, 0.4) is 0 Å². The quantitative estimate of drug-likeness (QED) is 0.899. The molecule has 0 bridgehead atoms. The Morgan fingerprint density at radius 3 is 2.84 bits per heavy atom. The molecular weight excluding hydrogens is 306 g/mol. The van der Waals surface area contributed by atoms with Crippen molar-refractivity contribution in [2.45, 2.75) is 19.3 Å². The molecule has 0 spiro atoms. The van der Waals surface area contributed by atoms with Crippen molar-refractivity contribution in [1.29, 1.82) is 5.26 Å². The van der Waals surface area contributed by atoms with E-state index in [0.29, 0.717) is 17.9 Å². The number of hydrogen-bond acceptors (Lipinski definition) is 3. The molecule has 0 saturated carbocycles. The van der Waals surface area contributed by atoms with Gasteiger partial charge in [-0.1, -0.05) is 0 Å². The van der Waals surface area contributed by atoms with Crippen LogP contribution in [0.25, 0.3) is 0 Å². The number of anilines is 1. The number of benzene rings is 1. The molecule has 1 aromatic carbocycles. The average molecular weight is 322 g/mol. The number of piperidine rings is 1. The second-order valence-corrected chi connectivity index (χ2v) is 5.61. The maximum atomic E-state index is 12.0. The van der Waals surface area contributed by atoms with Gasteiger partial charge in [-0.15, -0.1) is 0 Å². The number of amides is 1. The molecule has 0 aromatic heterocycles. The Morgan fingerprint density at radius 2 is 2.21 bits per heavy atom. The minimum atomic E-state index is 0.0392. The molecule has 1 aliphatic heterocycles. The Labute approximate surface area is 121 Å². The second kappa shape index (κ2) is 6.69. The van der Waals surface area contributed by atoms with Gasteiger partial charge >= 0.3 is 0 Å². The molecule has 1 aliphatic rings. The van der Waals surface area contributed by atoms with Gasteiger partial charge < -0.3 is 10.6 Å². The van der Waals surface area contributed by atoms with E-state index in [-0.39, 0.29) is 5.91 Å². The summed E-state index contributed by atoms with van der Waals surface area (Å²) in [6.07, 6.45) is 2.68. The molecule has 1 amide bonds. The maximum absolute atomic E-state index is 12.0. The normalized spacial score (nSPS) is 15.8. The van der Waals surface area contributed by atoms with Crippen molar-refractivity contribution < 1.29 is 4.79 Å². The van der Waals surface area contributed by atoms with Gasteiger partial charge in [0.1, 0.15) is 0 Å². The van der Waals surface area contributed by atoms with Crippen molar-refractivity contribution in [1.82, 2.24) is 5.32 Å². The van der Waals surface area contributed by atoms with Crippen molar-refractivity contribution in [2.75, 3.05) is 18.4 Å². The highest BCUT2D eigenvalue weighted by Crippen LogP contribution is 2.24. The van der Waals surface area contributed by atoms with Crippen LogP contribution in [0.2, 0.25) is 0 Å². The lowest BCUT2D eigenvalue weighted by molar-refractivity contribution is -0.117. The van der Waals surface area contributed by atoms with Gasteiger partial charge in [-0.2, -0.15) is 5.26 Å². The number of rotatable bonds is 3. The number of nitrogens with one attached hydrogen (secondary N) is 2. The molecule has 19 heavy (non-hydrogen) atoms. The van der Waals surface area contributed by atoms with Gasteiger partial charge in [0.15, 0.2) is 0 Å². The summed E-state index contributed by atoms with van der Waals surface area (Å²) in [6.45, 7) is 2.00. The van der Waals surface area contributed by atoms with Crippen LogP contribution in [-0.2, 0) is 4.79 Å². The Morgan fingerprint density at radius 1 is 1.47 bits per heavy atom. The van der Waals surface area contributed by atoms with E-state index in [0.717, 1.165) is 36.1 Å². The Bertz CT molecular complexity index is 504. The van der Waals surface area contributed by atoms with Gasteiger partial charge in [-0.3, -0.25) is 4.79 Å². The molecule has 5 heteroatoms. The van der Waals surface area contributed by atoms with Crippen molar-refractivity contribution >= 4 is 27.5 Å². The zero-order valence-corrected chi connectivity index (χ0v) is 12.2. The van der Waals surface area contributed by atoms with Gasteiger partial charge in [0.25, 0.3) is 0 Å². The van der Waals surface area contributed by atoms with Crippen molar-refractivity contribution in [2.24, 2.45) is 5.92 Å². The average Bonchev–Trinajstić information content (AvgIpc) is 2.42. The summed E-state index contributed by atoms with van der Waals surface area (Å²) in [5.74, 6) is 0.510. The first-order valence-electron chi connectivity index (χ1n) is 6.39. The molecule has 0 aliphatic carbocycles. The van der Waals surface area contributed by atoms with Crippen LogP contribution in [0, 0.1) is 17.2 Å². The number of carbonyl (C=O) groups excluding carboxylic acids is 1. The largest absolute Gasteiger partial charge is 0.325 e. The van der Waals surface area contributed by atoms with E-state index in [4.69, 9.17) is 5.26 Å². The van der Waals surface area contributed by atoms with E-state index in [1.807, 2.05) is 0 Å². The zero-order valence-electron chi connectivity index (χ0n) is 10.6. The van der Waals surface area contributed by atoms with Crippen LogP contribution in [0.4, 0.5) is 5.69 Å². The van der Waals surface area contributed by atoms with Gasteiger partial charge in [0, 0.05) is 10.9 Å². The van der Waals surface area contributed by atoms with Crippen molar-refractivity contribution in [3.8, 4) is 6.07 Å². The lowest BCUT2D eigenvalue weighted by atomic mass is 9.94. The summed E-state index contributed by atoms with van der Waals surface area (Å²) in [5, 5.41) is 15.0. The summed E-state index contributed by atoms with van der Waals surface area (Å²) < 4.78 is 0.741. The van der Waals surface area contributed by atoms with Crippen LogP contribution < -0.4 is 10.6 Å². The van der Waals surface area contributed by atoms with E-state index < -0.39 is 0 Å². The minimum absolute atomic E-state index is 0.0392. The predicted octanol–water partition coefficient (Wildman–Crippen LogP) is 2.65. The van der Waals surface area contributed by atoms with Crippen LogP contribution >= 0.6 is 15.9 Å². The van der Waals surface area contributed by atoms with Gasteiger partial charge in [0.2, 0.25) is 5.91 Å². The first-order chi connectivity index (χ1) is 9.19. The van der Waals surface area contributed by atoms with Crippen LogP contribution in [0.15, 0.2) is 22.7 Å². The van der Waals surface area contributed by atoms with E-state index >= 15 is 0 Å². The standard InChI is InChI=1S/C14H16BrN3O/c15-12-7-11(9-16)1-2-13(12)18-14(19)8-10-3-5-17-6-4-10/h1-2,7,10,17H,3-6,8H2,(H,18,19). The molecule has 1 aromatic rings. The van der Waals surface area contributed by atoms with Crippen LogP contribution in [-0.4, -0.2) is 19.0 Å². The first kappa shape index (κ1) is 14.0. The van der Waals surface area contributed by atoms with E-state index in [2.05, 4.69) is 32.6 Å². The molecule has 1 heterocycles. The fraction of sp³-hybridized carbons (Fsp3) is 0.429. The number of hydrogen-bond donors (Lipinski definition) is 2. The Kier molecular flexibility index (Phi) is 4.94. The zero-order chi connectivity index (χ0) is 13.7. The van der Waals surface area contributed by atoms with Crippen LogP contribution in [0.1, 0.15) is 24.8 Å². The van der Waals surface area contributed by atoms with Crippen LogP contribution in [0.5, 0.6) is 0 Å². The molecule has 100 valence electrons. The Balaban J connectivity index is 1.93. The molecule has 2 rings (SSSR count). The maximum Gasteiger partial charge on any atom is 0.224 e. The molecule has 0 unspecified atom stereocenters. The number of carbonyl (C=O) groups is 1. The van der Waals surface area contributed by atoms with E-state index in [1.165, 1.54) is 0 Å². The van der Waals surface area contributed by atoms with Crippen molar-refractivity contribution in [3.63, 3.8) is 0 Å². The molecule has 1 fully saturated rings. The third-order valence-electron chi connectivity index (χ3n) is 3.31. The Hall–Kier alpha value is -1.38. The molecule has 1 saturated heterocycles. The molecule has 2 N–H and O–H groups in total.